The van der Waals surface area contributed by atoms with E-state index in [1.807, 2.05) is 20.8 Å². The molecule has 1 heterocycles. The highest BCUT2D eigenvalue weighted by molar-refractivity contribution is 4.84. The highest BCUT2D eigenvalue weighted by Gasteiger charge is 2.25. The molecular weight excluding hydrogens is 176 g/mol. The fraction of sp³-hybridized carbons (Fsp3) is 1.00. The average molecular weight is 200 g/mol. The van der Waals surface area contributed by atoms with E-state index in [1.165, 1.54) is 19.4 Å². The highest BCUT2D eigenvalue weighted by atomic mass is 16.3. The summed E-state index contributed by atoms with van der Waals surface area (Å²) >= 11 is 0. The molecule has 3 heteroatoms. The van der Waals surface area contributed by atoms with Gasteiger partial charge in [0.05, 0.1) is 5.60 Å². The summed E-state index contributed by atoms with van der Waals surface area (Å²) in [5.41, 5.74) is -0.628. The molecule has 84 valence electrons. The number of hydrogen-bond acceptors (Lipinski definition) is 3. The standard InChI is InChI=1S/C11H24N2O/c1-9(11(2,3)14)12-8-10-6-5-7-13(10)4/h9-10,12,14H,5-8H2,1-4H3. The van der Waals surface area contributed by atoms with Gasteiger partial charge in [-0.25, -0.2) is 0 Å². The first-order valence-electron chi connectivity index (χ1n) is 5.57. The molecule has 2 unspecified atom stereocenters. The summed E-state index contributed by atoms with van der Waals surface area (Å²) in [7, 11) is 2.17. The van der Waals surface area contributed by atoms with Gasteiger partial charge in [0.25, 0.3) is 0 Å². The quantitative estimate of drug-likeness (QED) is 0.705. The molecule has 2 atom stereocenters. The predicted molar refractivity (Wildman–Crippen MR) is 59.4 cm³/mol. The van der Waals surface area contributed by atoms with Crippen LogP contribution in [0, 0.1) is 0 Å². The van der Waals surface area contributed by atoms with Gasteiger partial charge in [-0.2, -0.15) is 0 Å². The second-order valence-corrected chi connectivity index (χ2v) is 5.06. The van der Waals surface area contributed by atoms with Gasteiger partial charge < -0.3 is 15.3 Å². The molecule has 1 saturated heterocycles. The van der Waals surface area contributed by atoms with Crippen molar-refractivity contribution in [2.75, 3.05) is 20.1 Å². The zero-order chi connectivity index (χ0) is 10.8. The second kappa shape index (κ2) is 4.60. The van der Waals surface area contributed by atoms with E-state index in [4.69, 9.17) is 0 Å². The number of aliphatic hydroxyl groups is 1. The monoisotopic (exact) mass is 200 g/mol. The van der Waals surface area contributed by atoms with Gasteiger partial charge in [-0.15, -0.1) is 0 Å². The third-order valence-corrected chi connectivity index (χ3v) is 3.39. The van der Waals surface area contributed by atoms with Crippen molar-refractivity contribution in [1.29, 1.82) is 0 Å². The second-order valence-electron chi connectivity index (χ2n) is 5.06. The van der Waals surface area contributed by atoms with E-state index in [1.54, 1.807) is 0 Å². The lowest BCUT2D eigenvalue weighted by Gasteiger charge is -2.29. The Morgan fingerprint density at radius 3 is 2.64 bits per heavy atom. The molecule has 1 aliphatic heterocycles. The molecule has 14 heavy (non-hydrogen) atoms. The Bertz CT molecular complexity index is 175. The van der Waals surface area contributed by atoms with E-state index in [0.717, 1.165) is 6.54 Å². The zero-order valence-corrected chi connectivity index (χ0v) is 9.88. The molecule has 0 radical (unpaired) electrons. The van der Waals surface area contributed by atoms with Crippen molar-refractivity contribution in [3.8, 4) is 0 Å². The largest absolute Gasteiger partial charge is 0.389 e. The lowest BCUT2D eigenvalue weighted by Crippen LogP contribution is -2.48. The van der Waals surface area contributed by atoms with Crippen molar-refractivity contribution < 1.29 is 5.11 Å². The Morgan fingerprint density at radius 1 is 1.57 bits per heavy atom. The van der Waals surface area contributed by atoms with Crippen molar-refractivity contribution in [2.45, 2.75) is 51.3 Å². The topological polar surface area (TPSA) is 35.5 Å². The first-order valence-corrected chi connectivity index (χ1v) is 5.57. The maximum Gasteiger partial charge on any atom is 0.0741 e. The van der Waals surface area contributed by atoms with Gasteiger partial charge in [-0.3, -0.25) is 0 Å². The molecule has 0 aromatic rings. The zero-order valence-electron chi connectivity index (χ0n) is 9.88. The average Bonchev–Trinajstić information content (AvgIpc) is 2.45. The van der Waals surface area contributed by atoms with E-state index < -0.39 is 5.60 Å². The van der Waals surface area contributed by atoms with Crippen LogP contribution in [0.1, 0.15) is 33.6 Å². The minimum Gasteiger partial charge on any atom is -0.389 e. The summed E-state index contributed by atoms with van der Waals surface area (Å²) in [5, 5.41) is 13.2. The van der Waals surface area contributed by atoms with Gasteiger partial charge in [0.2, 0.25) is 0 Å². The van der Waals surface area contributed by atoms with Gasteiger partial charge in [0.1, 0.15) is 0 Å². The molecule has 0 amide bonds. The van der Waals surface area contributed by atoms with Crippen LogP contribution in [0.15, 0.2) is 0 Å². The lowest BCUT2D eigenvalue weighted by atomic mass is 10.0. The van der Waals surface area contributed by atoms with Crippen LogP contribution in [0.5, 0.6) is 0 Å². The minimum absolute atomic E-state index is 0.150. The molecule has 0 aromatic carbocycles. The number of likely N-dealkylation sites (N-methyl/N-ethyl adjacent to an activating group) is 1. The molecule has 0 saturated carbocycles. The van der Waals surface area contributed by atoms with Crippen molar-refractivity contribution in [3.63, 3.8) is 0 Å². The molecule has 0 aliphatic carbocycles. The Kier molecular flexibility index (Phi) is 3.93. The fourth-order valence-electron chi connectivity index (χ4n) is 1.80. The van der Waals surface area contributed by atoms with Crippen LogP contribution >= 0.6 is 0 Å². The smallest absolute Gasteiger partial charge is 0.0741 e. The normalized spacial score (nSPS) is 26.8. The first-order chi connectivity index (χ1) is 6.41. The molecule has 0 bridgehead atoms. The lowest BCUT2D eigenvalue weighted by molar-refractivity contribution is 0.0423. The Balaban J connectivity index is 2.26. The van der Waals surface area contributed by atoms with Gasteiger partial charge in [0, 0.05) is 18.6 Å². The summed E-state index contributed by atoms with van der Waals surface area (Å²) in [6.07, 6.45) is 2.59. The van der Waals surface area contributed by atoms with Crippen LogP contribution in [0.25, 0.3) is 0 Å². The van der Waals surface area contributed by atoms with Crippen molar-refractivity contribution in [1.82, 2.24) is 10.2 Å². The Hall–Kier alpha value is -0.120. The van der Waals surface area contributed by atoms with Crippen molar-refractivity contribution in [2.24, 2.45) is 0 Å². The van der Waals surface area contributed by atoms with E-state index >= 15 is 0 Å². The summed E-state index contributed by atoms with van der Waals surface area (Å²) < 4.78 is 0. The van der Waals surface area contributed by atoms with Crippen LogP contribution in [-0.4, -0.2) is 47.8 Å². The van der Waals surface area contributed by atoms with Crippen LogP contribution in [0.3, 0.4) is 0 Å². The molecule has 0 aromatic heterocycles. The van der Waals surface area contributed by atoms with E-state index in [-0.39, 0.29) is 6.04 Å². The first kappa shape index (κ1) is 12.0. The van der Waals surface area contributed by atoms with Gasteiger partial charge >= 0.3 is 0 Å². The number of likely N-dealkylation sites (tertiary alicyclic amines) is 1. The molecule has 0 spiro atoms. The maximum atomic E-state index is 9.75. The molecule has 1 fully saturated rings. The summed E-state index contributed by atoms with van der Waals surface area (Å²) in [4.78, 5) is 2.39. The summed E-state index contributed by atoms with van der Waals surface area (Å²) in [6.45, 7) is 7.94. The van der Waals surface area contributed by atoms with Gasteiger partial charge in [0.15, 0.2) is 0 Å². The molecule has 2 N–H and O–H groups in total. The molecule has 3 nitrogen and oxygen atoms in total. The molecular formula is C11H24N2O. The minimum atomic E-state index is -0.628. The van der Waals surface area contributed by atoms with Crippen LogP contribution in [0.4, 0.5) is 0 Å². The van der Waals surface area contributed by atoms with Gasteiger partial charge in [-0.1, -0.05) is 0 Å². The number of hydrogen-bond donors (Lipinski definition) is 2. The Morgan fingerprint density at radius 2 is 2.21 bits per heavy atom. The van der Waals surface area contributed by atoms with E-state index in [0.29, 0.717) is 6.04 Å². The van der Waals surface area contributed by atoms with Crippen LogP contribution < -0.4 is 5.32 Å². The third kappa shape index (κ3) is 3.23. The van der Waals surface area contributed by atoms with Crippen molar-refractivity contribution >= 4 is 0 Å². The SMILES string of the molecule is CC(NCC1CCCN1C)C(C)(C)O. The Labute approximate surface area is 87.5 Å². The van der Waals surface area contributed by atoms with Gasteiger partial charge in [-0.05, 0) is 47.2 Å². The fourth-order valence-corrected chi connectivity index (χ4v) is 1.80. The molecule has 1 aliphatic rings. The third-order valence-electron chi connectivity index (χ3n) is 3.39. The maximum absolute atomic E-state index is 9.75. The highest BCUT2D eigenvalue weighted by Crippen LogP contribution is 2.15. The molecule has 1 rings (SSSR count). The summed E-state index contributed by atoms with van der Waals surface area (Å²) in [5.74, 6) is 0. The van der Waals surface area contributed by atoms with Crippen molar-refractivity contribution in [3.05, 3.63) is 0 Å². The van der Waals surface area contributed by atoms with Crippen LogP contribution in [0.2, 0.25) is 0 Å². The summed E-state index contributed by atoms with van der Waals surface area (Å²) in [6, 6.07) is 0.802. The van der Waals surface area contributed by atoms with E-state index in [9.17, 15) is 5.11 Å². The predicted octanol–water partition coefficient (Wildman–Crippen LogP) is 0.830. The van der Waals surface area contributed by atoms with E-state index in [2.05, 4.69) is 17.3 Å². The number of nitrogens with one attached hydrogen (secondary N) is 1. The number of nitrogens with zero attached hydrogens (tertiary/aromatic N) is 1. The van der Waals surface area contributed by atoms with Crippen LogP contribution in [-0.2, 0) is 0 Å². The number of rotatable bonds is 4.